The van der Waals surface area contributed by atoms with Crippen LogP contribution in [0, 0.1) is 0 Å². The molecular formula is C22H28N2O2. The SMILES string of the molecule is CCN1CC(c2ccccc2)CC1=NCCc1cccc(OC)c1OC. The van der Waals surface area contributed by atoms with Gasteiger partial charge in [-0.1, -0.05) is 42.5 Å². The smallest absolute Gasteiger partial charge is 0.163 e. The Kier molecular flexibility index (Phi) is 6.16. The quantitative estimate of drug-likeness (QED) is 0.750. The standard InChI is InChI=1S/C22H28N2O2/c1-4-24-16-19(17-9-6-5-7-10-17)15-21(24)23-14-13-18-11-8-12-20(25-2)22(18)26-3/h5-12,19H,4,13-16H2,1-3H3. The van der Waals surface area contributed by atoms with E-state index in [-0.39, 0.29) is 0 Å². The number of aliphatic imine (C=N–C) groups is 1. The van der Waals surface area contributed by atoms with Gasteiger partial charge in [-0.2, -0.15) is 0 Å². The van der Waals surface area contributed by atoms with Crippen LogP contribution in [0.15, 0.2) is 53.5 Å². The molecule has 0 spiro atoms. The van der Waals surface area contributed by atoms with Gasteiger partial charge >= 0.3 is 0 Å². The highest BCUT2D eigenvalue weighted by Crippen LogP contribution is 2.31. The molecule has 1 aliphatic heterocycles. The Hall–Kier alpha value is -2.49. The molecule has 0 N–H and O–H groups in total. The fraction of sp³-hybridized carbons (Fsp3) is 0.409. The number of methoxy groups -OCH3 is 2. The fourth-order valence-corrected chi connectivity index (χ4v) is 3.67. The van der Waals surface area contributed by atoms with Crippen molar-refractivity contribution < 1.29 is 9.47 Å². The zero-order valence-corrected chi connectivity index (χ0v) is 15.9. The molecule has 1 atom stereocenters. The molecule has 0 aliphatic carbocycles. The van der Waals surface area contributed by atoms with Crippen molar-refractivity contribution in [2.24, 2.45) is 4.99 Å². The summed E-state index contributed by atoms with van der Waals surface area (Å²) in [5.74, 6) is 3.36. The lowest BCUT2D eigenvalue weighted by molar-refractivity contribution is 0.351. The van der Waals surface area contributed by atoms with E-state index in [4.69, 9.17) is 14.5 Å². The van der Waals surface area contributed by atoms with Crippen LogP contribution in [0.25, 0.3) is 0 Å². The Bertz CT molecular complexity index is 743. The molecule has 4 heteroatoms. The third-order valence-electron chi connectivity index (χ3n) is 5.05. The summed E-state index contributed by atoms with van der Waals surface area (Å²) >= 11 is 0. The molecule has 1 aliphatic rings. The van der Waals surface area contributed by atoms with Crippen LogP contribution in [0.2, 0.25) is 0 Å². The van der Waals surface area contributed by atoms with Gasteiger partial charge < -0.3 is 14.4 Å². The summed E-state index contributed by atoms with van der Waals surface area (Å²) in [6.07, 6.45) is 1.87. The lowest BCUT2D eigenvalue weighted by Gasteiger charge is -2.17. The van der Waals surface area contributed by atoms with Crippen LogP contribution in [-0.4, -0.2) is 44.6 Å². The van der Waals surface area contributed by atoms with E-state index in [0.717, 1.165) is 49.5 Å². The summed E-state index contributed by atoms with van der Waals surface area (Å²) in [6, 6.07) is 16.8. The molecule has 0 aromatic heterocycles. The number of ether oxygens (including phenoxy) is 2. The minimum atomic E-state index is 0.543. The van der Waals surface area contributed by atoms with Crippen molar-refractivity contribution in [1.82, 2.24) is 4.90 Å². The third kappa shape index (κ3) is 4.01. The van der Waals surface area contributed by atoms with E-state index in [1.165, 1.54) is 11.4 Å². The van der Waals surface area contributed by atoms with Gasteiger partial charge in [0.1, 0.15) is 0 Å². The second-order valence-corrected chi connectivity index (χ2v) is 6.55. The lowest BCUT2D eigenvalue weighted by atomic mass is 9.98. The molecule has 2 aromatic rings. The molecule has 1 fully saturated rings. The normalized spacial score (nSPS) is 18.3. The van der Waals surface area contributed by atoms with Crippen LogP contribution in [0.3, 0.4) is 0 Å². The Labute approximate surface area is 156 Å². The molecule has 4 nitrogen and oxygen atoms in total. The Morgan fingerprint density at radius 3 is 2.54 bits per heavy atom. The molecule has 26 heavy (non-hydrogen) atoms. The van der Waals surface area contributed by atoms with Gasteiger partial charge in [-0.05, 0) is 30.5 Å². The van der Waals surface area contributed by atoms with Gasteiger partial charge in [0.05, 0.1) is 20.1 Å². The molecule has 0 bridgehead atoms. The highest BCUT2D eigenvalue weighted by molar-refractivity contribution is 5.85. The first-order valence-corrected chi connectivity index (χ1v) is 9.29. The van der Waals surface area contributed by atoms with E-state index in [1.807, 2.05) is 12.1 Å². The topological polar surface area (TPSA) is 34.1 Å². The van der Waals surface area contributed by atoms with Gasteiger partial charge in [0.2, 0.25) is 0 Å². The van der Waals surface area contributed by atoms with Crippen molar-refractivity contribution >= 4 is 5.84 Å². The van der Waals surface area contributed by atoms with Crippen molar-refractivity contribution in [2.45, 2.75) is 25.7 Å². The molecule has 2 aromatic carbocycles. The lowest BCUT2D eigenvalue weighted by Crippen LogP contribution is -2.25. The highest BCUT2D eigenvalue weighted by Gasteiger charge is 2.27. The number of nitrogens with zero attached hydrogens (tertiary/aromatic N) is 2. The predicted molar refractivity (Wildman–Crippen MR) is 107 cm³/mol. The van der Waals surface area contributed by atoms with E-state index >= 15 is 0 Å². The van der Waals surface area contributed by atoms with Crippen LogP contribution in [-0.2, 0) is 6.42 Å². The predicted octanol–water partition coefficient (Wildman–Crippen LogP) is 4.15. The largest absolute Gasteiger partial charge is 0.493 e. The van der Waals surface area contributed by atoms with Crippen LogP contribution < -0.4 is 9.47 Å². The number of amidine groups is 1. The van der Waals surface area contributed by atoms with Crippen molar-refractivity contribution in [1.29, 1.82) is 0 Å². The number of hydrogen-bond acceptors (Lipinski definition) is 3. The van der Waals surface area contributed by atoms with E-state index in [9.17, 15) is 0 Å². The van der Waals surface area contributed by atoms with Gasteiger partial charge in [0.25, 0.3) is 0 Å². The highest BCUT2D eigenvalue weighted by atomic mass is 16.5. The summed E-state index contributed by atoms with van der Waals surface area (Å²) in [7, 11) is 3.36. The Morgan fingerprint density at radius 2 is 1.85 bits per heavy atom. The molecule has 3 rings (SSSR count). The van der Waals surface area contributed by atoms with Gasteiger partial charge in [0.15, 0.2) is 11.5 Å². The van der Waals surface area contributed by atoms with E-state index < -0.39 is 0 Å². The molecule has 1 saturated heterocycles. The molecule has 0 radical (unpaired) electrons. The van der Waals surface area contributed by atoms with Gasteiger partial charge in [-0.25, -0.2) is 0 Å². The number of rotatable bonds is 7. The molecule has 1 unspecified atom stereocenters. The van der Waals surface area contributed by atoms with E-state index in [1.54, 1.807) is 14.2 Å². The maximum atomic E-state index is 5.52. The van der Waals surface area contributed by atoms with E-state index in [0.29, 0.717) is 5.92 Å². The maximum Gasteiger partial charge on any atom is 0.163 e. The Balaban J connectivity index is 1.68. The van der Waals surface area contributed by atoms with Crippen LogP contribution in [0.5, 0.6) is 11.5 Å². The molecular weight excluding hydrogens is 324 g/mol. The first-order chi connectivity index (χ1) is 12.8. The van der Waals surface area contributed by atoms with Crippen molar-refractivity contribution in [3.63, 3.8) is 0 Å². The molecule has 0 amide bonds. The summed E-state index contributed by atoms with van der Waals surface area (Å²) in [5.41, 5.74) is 2.54. The van der Waals surface area contributed by atoms with Crippen LogP contribution in [0.1, 0.15) is 30.4 Å². The van der Waals surface area contributed by atoms with Crippen molar-refractivity contribution in [3.05, 3.63) is 59.7 Å². The average molecular weight is 352 g/mol. The third-order valence-corrected chi connectivity index (χ3v) is 5.05. The number of likely N-dealkylation sites (N-methyl/N-ethyl adjacent to an activating group) is 1. The molecule has 0 saturated carbocycles. The maximum absolute atomic E-state index is 5.52. The number of benzene rings is 2. The van der Waals surface area contributed by atoms with Crippen molar-refractivity contribution in [3.8, 4) is 11.5 Å². The minimum absolute atomic E-state index is 0.543. The number of para-hydroxylation sites is 1. The van der Waals surface area contributed by atoms with Crippen molar-refractivity contribution in [2.75, 3.05) is 33.9 Å². The zero-order valence-electron chi connectivity index (χ0n) is 15.9. The van der Waals surface area contributed by atoms with Crippen LogP contribution in [0.4, 0.5) is 0 Å². The summed E-state index contributed by atoms with van der Waals surface area (Å²) in [4.78, 5) is 7.33. The summed E-state index contributed by atoms with van der Waals surface area (Å²) in [6.45, 7) is 5.03. The molecule has 1 heterocycles. The average Bonchev–Trinajstić information content (AvgIpc) is 3.11. The first kappa shape index (κ1) is 18.3. The Morgan fingerprint density at radius 1 is 1.04 bits per heavy atom. The minimum Gasteiger partial charge on any atom is -0.493 e. The van der Waals surface area contributed by atoms with Gasteiger partial charge in [0, 0.05) is 32.0 Å². The zero-order chi connectivity index (χ0) is 18.4. The second-order valence-electron chi connectivity index (χ2n) is 6.55. The fourth-order valence-electron chi connectivity index (χ4n) is 3.67. The first-order valence-electron chi connectivity index (χ1n) is 9.29. The van der Waals surface area contributed by atoms with Gasteiger partial charge in [-0.15, -0.1) is 0 Å². The summed E-state index contributed by atoms with van der Waals surface area (Å²) in [5, 5.41) is 0. The second kappa shape index (κ2) is 8.75. The number of likely N-dealkylation sites (tertiary alicyclic amines) is 1. The van der Waals surface area contributed by atoms with Crippen LogP contribution >= 0.6 is 0 Å². The van der Waals surface area contributed by atoms with E-state index in [2.05, 4.69) is 48.2 Å². The molecule has 138 valence electrons. The number of hydrogen-bond donors (Lipinski definition) is 0. The monoisotopic (exact) mass is 352 g/mol. The van der Waals surface area contributed by atoms with Gasteiger partial charge in [-0.3, -0.25) is 4.99 Å². The summed E-state index contributed by atoms with van der Waals surface area (Å²) < 4.78 is 10.9.